The summed E-state index contributed by atoms with van der Waals surface area (Å²) in [6, 6.07) is 0. The largest absolute Gasteiger partial charge is 0.588 e. The van der Waals surface area contributed by atoms with Gasteiger partial charge in [0.25, 0.3) is 0 Å². The summed E-state index contributed by atoms with van der Waals surface area (Å²) in [6.07, 6.45) is 3.68. The first-order valence-corrected chi connectivity index (χ1v) is 4.11. The third kappa shape index (κ3) is 3.86. The lowest BCUT2D eigenvalue weighted by Gasteiger charge is -2.04. The molecule has 0 spiro atoms. The second-order valence-electron chi connectivity index (χ2n) is 2.67. The Bertz CT molecular complexity index is 121. The van der Waals surface area contributed by atoms with Gasteiger partial charge in [0.2, 0.25) is 0 Å². The number of aliphatic carboxylic acids is 1. The smallest absolute Gasteiger partial charge is 0.498 e. The van der Waals surface area contributed by atoms with Crippen molar-refractivity contribution in [2.75, 3.05) is 0 Å². The molecule has 1 unspecified atom stereocenters. The van der Waals surface area contributed by atoms with Crippen LogP contribution < -0.4 is 5.26 Å². The van der Waals surface area contributed by atoms with E-state index in [1.807, 2.05) is 6.92 Å². The molecule has 0 amide bonds. The highest BCUT2D eigenvalue weighted by Crippen LogP contribution is 2.12. The maximum Gasteiger partial charge on any atom is 0.498 e. The van der Waals surface area contributed by atoms with Gasteiger partial charge in [-0.05, 0) is 12.8 Å². The number of rotatable bonds is 5. The number of carboxylic acid groups (broad SMARTS) is 1. The van der Waals surface area contributed by atoms with Crippen molar-refractivity contribution in [1.29, 1.82) is 0 Å². The van der Waals surface area contributed by atoms with Crippen LogP contribution in [-0.2, 0) is 4.58 Å². The summed E-state index contributed by atoms with van der Waals surface area (Å²) < 4.78 is 3.52. The van der Waals surface area contributed by atoms with Crippen molar-refractivity contribution >= 4 is 5.97 Å². The van der Waals surface area contributed by atoms with Crippen LogP contribution in [0.3, 0.4) is 0 Å². The topological polar surface area (TPSA) is 54.6 Å². The maximum atomic E-state index is 9.81. The van der Waals surface area contributed by atoms with Gasteiger partial charge >= 0.3 is 5.97 Å². The lowest BCUT2D eigenvalue weighted by Crippen LogP contribution is -2.19. The van der Waals surface area contributed by atoms with E-state index >= 15 is 0 Å². The minimum Gasteiger partial charge on any atom is -0.588 e. The Morgan fingerprint density at radius 3 is 2.55 bits per heavy atom. The molecule has 0 fully saturated rings. The molecule has 0 aromatic rings. The Hall–Kier alpha value is -0.730. The van der Waals surface area contributed by atoms with E-state index < -0.39 is 0 Å². The van der Waals surface area contributed by atoms with Crippen LogP contribution in [0.15, 0.2) is 0 Å². The molecular formula is C8H16O3. The van der Waals surface area contributed by atoms with Crippen LogP contribution in [0.2, 0.25) is 0 Å². The summed E-state index contributed by atoms with van der Waals surface area (Å²) in [4.78, 5) is 0. The van der Waals surface area contributed by atoms with E-state index in [0.29, 0.717) is 0 Å². The molecule has 66 valence electrons. The molecule has 0 saturated carbocycles. The monoisotopic (exact) mass is 160 g/mol. The van der Waals surface area contributed by atoms with Crippen LogP contribution in [0.25, 0.3) is 0 Å². The number of hydrogen-bond donors (Lipinski definition) is 1. The fourth-order valence-corrected chi connectivity index (χ4v) is 1.02. The van der Waals surface area contributed by atoms with E-state index in [-0.39, 0.29) is 11.9 Å². The summed E-state index contributed by atoms with van der Waals surface area (Å²) in [6.45, 7) is 4.00. The molecule has 0 radical (unpaired) electrons. The van der Waals surface area contributed by atoms with E-state index in [4.69, 9.17) is 5.11 Å². The van der Waals surface area contributed by atoms with Gasteiger partial charge < -0.3 is 10.4 Å². The van der Waals surface area contributed by atoms with Gasteiger partial charge in [0.05, 0.1) is 0 Å². The quantitative estimate of drug-likeness (QED) is 0.372. The van der Waals surface area contributed by atoms with Crippen molar-refractivity contribution in [3.63, 3.8) is 0 Å². The molecule has 1 N–H and O–H groups in total. The average Bonchev–Trinajstić information content (AvgIpc) is 2.05. The van der Waals surface area contributed by atoms with Crippen LogP contribution in [0.5, 0.6) is 0 Å². The molecule has 0 bridgehead atoms. The van der Waals surface area contributed by atoms with Crippen LogP contribution in [0, 0.1) is 5.92 Å². The third-order valence-electron chi connectivity index (χ3n) is 1.83. The molecule has 0 rings (SSSR count). The van der Waals surface area contributed by atoms with Gasteiger partial charge in [-0.25, -0.2) is 0 Å². The van der Waals surface area contributed by atoms with Crippen molar-refractivity contribution in [3.8, 4) is 0 Å². The minimum atomic E-state index is -0.360. The van der Waals surface area contributed by atoms with E-state index in [2.05, 4.69) is 11.5 Å². The van der Waals surface area contributed by atoms with Crippen LogP contribution in [0.1, 0.15) is 39.5 Å². The van der Waals surface area contributed by atoms with Crippen molar-refractivity contribution in [1.82, 2.24) is 0 Å². The fraction of sp³-hybridized carbons (Fsp3) is 0.875. The number of carboxylic acids is 1. The number of hydrogen-bond acceptors (Lipinski definition) is 1. The molecule has 0 aromatic heterocycles. The van der Waals surface area contributed by atoms with Crippen molar-refractivity contribution < 1.29 is 14.9 Å². The highest BCUT2D eigenvalue weighted by atomic mass is 17.1. The summed E-state index contributed by atoms with van der Waals surface area (Å²) in [5.41, 5.74) is 0. The lowest BCUT2D eigenvalue weighted by atomic mass is 10.00. The van der Waals surface area contributed by atoms with Crippen molar-refractivity contribution in [2.24, 2.45) is 5.92 Å². The molecule has 0 heterocycles. The summed E-state index contributed by atoms with van der Waals surface area (Å²) in [5, 5.41) is 18.7. The SMILES string of the molecule is CCCCC(CC)C(O)=[O+][O-]. The van der Waals surface area contributed by atoms with Gasteiger partial charge in [-0.3, -0.25) is 4.58 Å². The average molecular weight is 160 g/mol. The first-order chi connectivity index (χ1) is 5.26. The summed E-state index contributed by atoms with van der Waals surface area (Å²) in [7, 11) is 0. The second kappa shape index (κ2) is 6.01. The molecule has 0 saturated heterocycles. The van der Waals surface area contributed by atoms with Gasteiger partial charge in [-0.15, -0.1) is 0 Å². The molecule has 3 heteroatoms. The summed E-state index contributed by atoms with van der Waals surface area (Å²) >= 11 is 0. The van der Waals surface area contributed by atoms with Gasteiger partial charge in [0, 0.05) is 0 Å². The highest BCUT2D eigenvalue weighted by Gasteiger charge is 2.21. The second-order valence-corrected chi connectivity index (χ2v) is 2.67. The van der Waals surface area contributed by atoms with E-state index in [1.165, 1.54) is 0 Å². The predicted molar refractivity (Wildman–Crippen MR) is 40.9 cm³/mol. The molecule has 0 aliphatic rings. The Kier molecular flexibility index (Phi) is 5.61. The molecule has 1 atom stereocenters. The Morgan fingerprint density at radius 2 is 2.18 bits per heavy atom. The highest BCUT2D eigenvalue weighted by molar-refractivity contribution is 5.69. The van der Waals surface area contributed by atoms with Crippen LogP contribution in [0.4, 0.5) is 0 Å². The normalized spacial score (nSPS) is 14.9. The number of unbranched alkanes of at least 4 members (excludes halogenated alkanes) is 1. The van der Waals surface area contributed by atoms with Gasteiger partial charge in [-0.1, -0.05) is 26.7 Å². The fourth-order valence-electron chi connectivity index (χ4n) is 1.02. The zero-order chi connectivity index (χ0) is 8.69. The molecule has 0 aliphatic carbocycles. The molecule has 11 heavy (non-hydrogen) atoms. The van der Waals surface area contributed by atoms with Gasteiger partial charge in [0.15, 0.2) is 0 Å². The first kappa shape index (κ1) is 10.3. The molecule has 3 nitrogen and oxygen atoms in total. The Morgan fingerprint density at radius 1 is 1.55 bits per heavy atom. The first-order valence-electron chi connectivity index (χ1n) is 4.11. The van der Waals surface area contributed by atoms with Crippen molar-refractivity contribution in [2.45, 2.75) is 39.5 Å². The zero-order valence-corrected chi connectivity index (χ0v) is 7.17. The van der Waals surface area contributed by atoms with Gasteiger partial charge in [-0.2, -0.15) is 0 Å². The molecule has 0 aliphatic heterocycles. The van der Waals surface area contributed by atoms with Crippen LogP contribution in [-0.4, -0.2) is 11.1 Å². The minimum absolute atomic E-state index is 0.0764. The lowest BCUT2D eigenvalue weighted by molar-refractivity contribution is -1.05. The number of aliphatic hydroxyl groups excluding tert-OH is 1. The Balaban J connectivity index is 3.75. The third-order valence-corrected chi connectivity index (χ3v) is 1.83. The van der Waals surface area contributed by atoms with E-state index in [9.17, 15) is 5.26 Å². The van der Waals surface area contributed by atoms with Crippen LogP contribution >= 0.6 is 0 Å². The van der Waals surface area contributed by atoms with Gasteiger partial charge in [0.1, 0.15) is 5.92 Å². The predicted octanol–water partition coefficient (Wildman–Crippen LogP) is 1.10. The molecule has 0 aromatic carbocycles. The summed E-state index contributed by atoms with van der Waals surface area (Å²) in [5.74, 6) is -0.437. The maximum absolute atomic E-state index is 9.81. The zero-order valence-electron chi connectivity index (χ0n) is 7.17. The molecular weight excluding hydrogens is 144 g/mol. The van der Waals surface area contributed by atoms with Crippen molar-refractivity contribution in [3.05, 3.63) is 0 Å². The Labute approximate surface area is 67.3 Å². The van der Waals surface area contributed by atoms with E-state index in [0.717, 1.165) is 25.7 Å². The van der Waals surface area contributed by atoms with E-state index in [1.54, 1.807) is 0 Å². The standard InChI is InChI=1S/C8H16O3/c1-3-5-6-7(4-2)8(9)11-10/h7,9H,3-6H2,1-2H3.